The van der Waals surface area contributed by atoms with Crippen molar-refractivity contribution in [2.24, 2.45) is 5.84 Å². The smallest absolute Gasteiger partial charge is 0.126 e. The monoisotopic (exact) mass is 318 g/mol. The normalized spacial score (nSPS) is 13.7. The molecular formula is C13H20BrFN2O. The first-order valence-electron chi connectivity index (χ1n) is 5.83. The highest BCUT2D eigenvalue weighted by Gasteiger charge is 2.23. The summed E-state index contributed by atoms with van der Waals surface area (Å²) >= 11 is 3.34. The molecule has 0 aliphatic rings. The first-order chi connectivity index (χ1) is 8.38. The zero-order valence-corrected chi connectivity index (χ0v) is 12.6. The van der Waals surface area contributed by atoms with Crippen LogP contribution in [0.1, 0.15) is 25.8 Å². The van der Waals surface area contributed by atoms with E-state index in [2.05, 4.69) is 21.4 Å². The Hall–Kier alpha value is -0.490. The molecule has 3 N–H and O–H groups in total. The molecule has 5 heteroatoms. The number of ether oxygens (including phenoxy) is 1. The number of nitrogens with one attached hydrogen (secondary N) is 1. The van der Waals surface area contributed by atoms with Crippen LogP contribution in [-0.4, -0.2) is 18.8 Å². The summed E-state index contributed by atoms with van der Waals surface area (Å²) in [4.78, 5) is 0. The van der Waals surface area contributed by atoms with Gasteiger partial charge in [-0.3, -0.25) is 11.3 Å². The molecule has 1 rings (SSSR count). The Balaban J connectivity index is 2.77. The van der Waals surface area contributed by atoms with Gasteiger partial charge in [0.15, 0.2) is 0 Å². The van der Waals surface area contributed by atoms with E-state index in [0.29, 0.717) is 18.4 Å². The van der Waals surface area contributed by atoms with Crippen molar-refractivity contribution in [2.75, 3.05) is 7.11 Å². The van der Waals surface area contributed by atoms with Gasteiger partial charge in [0, 0.05) is 17.6 Å². The molecule has 0 bridgehead atoms. The average molecular weight is 319 g/mol. The highest BCUT2D eigenvalue weighted by molar-refractivity contribution is 9.10. The Morgan fingerprint density at radius 1 is 1.50 bits per heavy atom. The lowest BCUT2D eigenvalue weighted by Crippen LogP contribution is -2.42. The standard InChI is InChI=1S/C13H20BrFN2O/c1-13(2,18-3)8-11(17-16)7-9-6-10(14)4-5-12(9)15/h4-6,11,17H,7-8,16H2,1-3H3. The quantitative estimate of drug-likeness (QED) is 0.626. The number of hydrogen-bond acceptors (Lipinski definition) is 3. The fourth-order valence-electron chi connectivity index (χ4n) is 1.83. The Morgan fingerprint density at radius 2 is 2.17 bits per heavy atom. The van der Waals surface area contributed by atoms with Gasteiger partial charge in [-0.1, -0.05) is 15.9 Å². The SMILES string of the molecule is COC(C)(C)CC(Cc1cc(Br)ccc1F)NN. The third-order valence-corrected chi connectivity index (χ3v) is 3.49. The number of nitrogens with two attached hydrogens (primary N) is 1. The van der Waals surface area contributed by atoms with Gasteiger partial charge in [0.2, 0.25) is 0 Å². The largest absolute Gasteiger partial charge is 0.379 e. The van der Waals surface area contributed by atoms with Gasteiger partial charge >= 0.3 is 0 Å². The first-order valence-corrected chi connectivity index (χ1v) is 6.62. The summed E-state index contributed by atoms with van der Waals surface area (Å²) in [7, 11) is 1.66. The first kappa shape index (κ1) is 15.6. The van der Waals surface area contributed by atoms with Crippen LogP contribution in [0.15, 0.2) is 22.7 Å². The number of halogens is 2. The van der Waals surface area contributed by atoms with Gasteiger partial charge < -0.3 is 4.74 Å². The molecule has 1 atom stereocenters. The number of hydrogen-bond donors (Lipinski definition) is 2. The zero-order valence-electron chi connectivity index (χ0n) is 11.0. The predicted octanol–water partition coefficient (Wildman–Crippen LogP) is 2.78. The Kier molecular flexibility index (Phi) is 5.72. The molecule has 0 aliphatic carbocycles. The second-order valence-corrected chi connectivity index (χ2v) is 5.89. The predicted molar refractivity (Wildman–Crippen MR) is 74.6 cm³/mol. The van der Waals surface area contributed by atoms with Crippen molar-refractivity contribution in [3.8, 4) is 0 Å². The molecule has 1 aromatic carbocycles. The van der Waals surface area contributed by atoms with Crippen molar-refractivity contribution >= 4 is 15.9 Å². The van der Waals surface area contributed by atoms with Crippen molar-refractivity contribution in [3.63, 3.8) is 0 Å². The maximum atomic E-state index is 13.7. The topological polar surface area (TPSA) is 47.3 Å². The van der Waals surface area contributed by atoms with Crippen molar-refractivity contribution in [2.45, 2.75) is 38.3 Å². The van der Waals surface area contributed by atoms with Gasteiger partial charge in [-0.05, 0) is 50.5 Å². The summed E-state index contributed by atoms with van der Waals surface area (Å²) in [6, 6.07) is 4.88. The van der Waals surface area contributed by atoms with Crippen LogP contribution in [0.4, 0.5) is 4.39 Å². The van der Waals surface area contributed by atoms with Gasteiger partial charge in [0.25, 0.3) is 0 Å². The van der Waals surface area contributed by atoms with Crippen LogP contribution in [-0.2, 0) is 11.2 Å². The molecule has 0 aliphatic heterocycles. The van der Waals surface area contributed by atoms with Crippen molar-refractivity contribution in [1.82, 2.24) is 5.43 Å². The van der Waals surface area contributed by atoms with Crippen LogP contribution in [0.25, 0.3) is 0 Å². The maximum Gasteiger partial charge on any atom is 0.126 e. The molecule has 18 heavy (non-hydrogen) atoms. The molecule has 0 radical (unpaired) electrons. The van der Waals surface area contributed by atoms with Crippen LogP contribution >= 0.6 is 15.9 Å². The average Bonchev–Trinajstić information content (AvgIpc) is 2.32. The molecule has 1 aromatic rings. The third-order valence-electron chi connectivity index (χ3n) is 3.00. The fourth-order valence-corrected chi connectivity index (χ4v) is 2.24. The lowest BCUT2D eigenvalue weighted by molar-refractivity contribution is 0.00704. The Bertz CT molecular complexity index is 399. The number of hydrazine groups is 1. The molecule has 102 valence electrons. The van der Waals surface area contributed by atoms with E-state index in [9.17, 15) is 4.39 Å². The van der Waals surface area contributed by atoms with Gasteiger partial charge in [-0.15, -0.1) is 0 Å². The summed E-state index contributed by atoms with van der Waals surface area (Å²) in [5, 5.41) is 0. The zero-order chi connectivity index (χ0) is 13.8. The molecular weight excluding hydrogens is 299 g/mol. The molecule has 0 saturated heterocycles. The van der Waals surface area contributed by atoms with Crippen molar-refractivity contribution in [1.29, 1.82) is 0 Å². The summed E-state index contributed by atoms with van der Waals surface area (Å²) in [5.41, 5.74) is 3.07. The Morgan fingerprint density at radius 3 is 2.72 bits per heavy atom. The summed E-state index contributed by atoms with van der Waals surface area (Å²) in [5.74, 6) is 5.32. The molecule has 1 unspecified atom stereocenters. The highest BCUT2D eigenvalue weighted by atomic mass is 79.9. The molecule has 3 nitrogen and oxygen atoms in total. The van der Waals surface area contributed by atoms with Gasteiger partial charge in [0.1, 0.15) is 5.82 Å². The minimum Gasteiger partial charge on any atom is -0.379 e. The lowest BCUT2D eigenvalue weighted by Gasteiger charge is -2.28. The van der Waals surface area contributed by atoms with Crippen LogP contribution < -0.4 is 11.3 Å². The van der Waals surface area contributed by atoms with E-state index in [4.69, 9.17) is 10.6 Å². The Labute approximate surface area is 116 Å². The van der Waals surface area contributed by atoms with E-state index in [1.54, 1.807) is 19.2 Å². The van der Waals surface area contributed by atoms with Crippen LogP contribution in [0, 0.1) is 5.82 Å². The maximum absolute atomic E-state index is 13.7. The number of rotatable bonds is 6. The van der Waals surface area contributed by atoms with Crippen molar-refractivity contribution in [3.05, 3.63) is 34.1 Å². The molecule has 0 fully saturated rings. The number of methoxy groups -OCH3 is 1. The summed E-state index contributed by atoms with van der Waals surface area (Å²) < 4.78 is 19.9. The van der Waals surface area contributed by atoms with E-state index in [1.807, 2.05) is 13.8 Å². The minimum atomic E-state index is -0.292. The second kappa shape index (κ2) is 6.61. The summed E-state index contributed by atoms with van der Waals surface area (Å²) in [6.07, 6.45) is 1.22. The van der Waals surface area contributed by atoms with E-state index < -0.39 is 0 Å². The lowest BCUT2D eigenvalue weighted by atomic mass is 9.94. The van der Waals surface area contributed by atoms with E-state index >= 15 is 0 Å². The van der Waals surface area contributed by atoms with Gasteiger partial charge in [-0.25, -0.2) is 4.39 Å². The second-order valence-electron chi connectivity index (χ2n) is 4.97. The highest BCUT2D eigenvalue weighted by Crippen LogP contribution is 2.21. The molecule has 0 heterocycles. The van der Waals surface area contributed by atoms with Crippen LogP contribution in [0.2, 0.25) is 0 Å². The molecule has 0 amide bonds. The minimum absolute atomic E-state index is 0.0382. The molecule has 0 spiro atoms. The third kappa shape index (κ3) is 4.65. The van der Waals surface area contributed by atoms with E-state index in [-0.39, 0.29) is 17.5 Å². The van der Waals surface area contributed by atoms with Crippen LogP contribution in [0.3, 0.4) is 0 Å². The van der Waals surface area contributed by atoms with Gasteiger partial charge in [0.05, 0.1) is 5.60 Å². The van der Waals surface area contributed by atoms with E-state index in [0.717, 1.165) is 4.47 Å². The van der Waals surface area contributed by atoms with Crippen molar-refractivity contribution < 1.29 is 9.13 Å². The van der Waals surface area contributed by atoms with Gasteiger partial charge in [-0.2, -0.15) is 0 Å². The molecule has 0 saturated carbocycles. The summed E-state index contributed by atoms with van der Waals surface area (Å²) in [6.45, 7) is 3.96. The molecule has 0 aromatic heterocycles. The fraction of sp³-hybridized carbons (Fsp3) is 0.538. The van der Waals surface area contributed by atoms with Crippen LogP contribution in [0.5, 0.6) is 0 Å². The van der Waals surface area contributed by atoms with E-state index in [1.165, 1.54) is 6.07 Å². The number of benzene rings is 1.